The molecule has 1 aliphatic heterocycles. The molecule has 0 amide bonds. The summed E-state index contributed by atoms with van der Waals surface area (Å²) in [5.41, 5.74) is 2.23. The molecule has 3 nitrogen and oxygen atoms in total. The highest BCUT2D eigenvalue weighted by Crippen LogP contribution is 2.37. The monoisotopic (exact) mass is 295 g/mol. The Labute approximate surface area is 125 Å². The van der Waals surface area contributed by atoms with Gasteiger partial charge in [0.05, 0.1) is 24.3 Å². The average Bonchev–Trinajstić information content (AvgIpc) is 2.40. The second kappa shape index (κ2) is 6.33. The van der Waals surface area contributed by atoms with Crippen LogP contribution in [0.5, 0.6) is 5.75 Å². The van der Waals surface area contributed by atoms with Gasteiger partial charge in [0.2, 0.25) is 0 Å². The Morgan fingerprint density at radius 1 is 1.40 bits per heavy atom. The first-order valence-corrected chi connectivity index (χ1v) is 7.87. The van der Waals surface area contributed by atoms with Crippen LogP contribution in [0.1, 0.15) is 36.5 Å². The zero-order chi connectivity index (χ0) is 13.9. The van der Waals surface area contributed by atoms with E-state index in [0.717, 1.165) is 43.2 Å². The Bertz CT molecular complexity index is 468. The lowest BCUT2D eigenvalue weighted by atomic mass is 9.86. The summed E-state index contributed by atoms with van der Waals surface area (Å²) in [6.07, 6.45) is 3.93. The van der Waals surface area contributed by atoms with E-state index in [9.17, 15) is 0 Å². The third kappa shape index (κ3) is 3.11. The Morgan fingerprint density at radius 3 is 2.90 bits per heavy atom. The standard InChI is InChI=1S/C16H22ClNO2/c1-11-7-13(15-9-18-5-6-19-15)16(14(17)8-11)20-10-12-3-2-4-12/h7-8,12,15,18H,2-6,9-10H2,1H3. The molecule has 2 aliphatic rings. The van der Waals surface area contributed by atoms with Gasteiger partial charge >= 0.3 is 0 Å². The van der Waals surface area contributed by atoms with Gasteiger partial charge in [-0.3, -0.25) is 0 Å². The summed E-state index contributed by atoms with van der Waals surface area (Å²) in [6, 6.07) is 4.11. The van der Waals surface area contributed by atoms with E-state index in [1.807, 2.05) is 6.07 Å². The number of hydrogen-bond acceptors (Lipinski definition) is 3. The van der Waals surface area contributed by atoms with Crippen LogP contribution in [0.4, 0.5) is 0 Å². The van der Waals surface area contributed by atoms with Crippen molar-refractivity contribution in [3.63, 3.8) is 0 Å². The predicted molar refractivity (Wildman–Crippen MR) is 80.6 cm³/mol. The molecule has 0 bridgehead atoms. The lowest BCUT2D eigenvalue weighted by Gasteiger charge is -2.29. The minimum Gasteiger partial charge on any atom is -0.491 e. The summed E-state index contributed by atoms with van der Waals surface area (Å²) in [5, 5.41) is 4.07. The van der Waals surface area contributed by atoms with Gasteiger partial charge in [0.15, 0.2) is 0 Å². The van der Waals surface area contributed by atoms with Gasteiger partial charge in [0.25, 0.3) is 0 Å². The van der Waals surface area contributed by atoms with E-state index >= 15 is 0 Å². The number of halogens is 1. The highest BCUT2D eigenvalue weighted by molar-refractivity contribution is 6.32. The van der Waals surface area contributed by atoms with Crippen LogP contribution < -0.4 is 10.1 Å². The third-order valence-electron chi connectivity index (χ3n) is 4.18. The summed E-state index contributed by atoms with van der Waals surface area (Å²) in [5.74, 6) is 1.52. The van der Waals surface area contributed by atoms with Crippen molar-refractivity contribution < 1.29 is 9.47 Å². The third-order valence-corrected chi connectivity index (χ3v) is 4.46. The number of rotatable bonds is 4. The molecular weight excluding hydrogens is 274 g/mol. The summed E-state index contributed by atoms with van der Waals surface area (Å²) >= 11 is 6.40. The molecule has 3 rings (SSSR count). The molecule has 2 fully saturated rings. The Balaban J connectivity index is 1.80. The normalized spacial score (nSPS) is 23.4. The van der Waals surface area contributed by atoms with Crippen molar-refractivity contribution in [3.8, 4) is 5.75 Å². The van der Waals surface area contributed by atoms with E-state index < -0.39 is 0 Å². The van der Waals surface area contributed by atoms with E-state index in [-0.39, 0.29) is 6.10 Å². The van der Waals surface area contributed by atoms with Crippen LogP contribution in [0.3, 0.4) is 0 Å². The van der Waals surface area contributed by atoms with E-state index in [1.54, 1.807) is 0 Å². The van der Waals surface area contributed by atoms with Gasteiger partial charge in [-0.1, -0.05) is 18.0 Å². The van der Waals surface area contributed by atoms with Crippen LogP contribution in [0.15, 0.2) is 12.1 Å². The fourth-order valence-electron chi connectivity index (χ4n) is 2.77. The smallest absolute Gasteiger partial charge is 0.143 e. The maximum absolute atomic E-state index is 6.40. The summed E-state index contributed by atoms with van der Waals surface area (Å²) in [7, 11) is 0. The molecular formula is C16H22ClNO2. The van der Waals surface area contributed by atoms with Gasteiger partial charge in [0.1, 0.15) is 5.75 Å². The molecule has 1 aromatic carbocycles. The van der Waals surface area contributed by atoms with Crippen LogP contribution in [0.25, 0.3) is 0 Å². The molecule has 20 heavy (non-hydrogen) atoms. The molecule has 1 aliphatic carbocycles. The van der Waals surface area contributed by atoms with E-state index in [4.69, 9.17) is 21.1 Å². The molecule has 1 saturated heterocycles. The highest BCUT2D eigenvalue weighted by atomic mass is 35.5. The van der Waals surface area contributed by atoms with Crippen LogP contribution >= 0.6 is 11.6 Å². The largest absolute Gasteiger partial charge is 0.491 e. The van der Waals surface area contributed by atoms with Gasteiger partial charge in [0, 0.05) is 18.7 Å². The van der Waals surface area contributed by atoms with Crippen molar-refractivity contribution in [2.75, 3.05) is 26.3 Å². The first-order valence-electron chi connectivity index (χ1n) is 7.49. The maximum Gasteiger partial charge on any atom is 0.143 e. The van der Waals surface area contributed by atoms with E-state index in [2.05, 4.69) is 18.3 Å². The quantitative estimate of drug-likeness (QED) is 0.922. The zero-order valence-corrected chi connectivity index (χ0v) is 12.7. The van der Waals surface area contributed by atoms with Gasteiger partial charge in [-0.05, 0) is 43.4 Å². The molecule has 1 atom stereocenters. The number of ether oxygens (including phenoxy) is 2. The highest BCUT2D eigenvalue weighted by Gasteiger charge is 2.24. The van der Waals surface area contributed by atoms with Crippen LogP contribution in [-0.2, 0) is 4.74 Å². The molecule has 1 heterocycles. The van der Waals surface area contributed by atoms with Crippen molar-refractivity contribution in [2.45, 2.75) is 32.3 Å². The average molecular weight is 296 g/mol. The Hall–Kier alpha value is -0.770. The molecule has 4 heteroatoms. The molecule has 0 radical (unpaired) electrons. The van der Waals surface area contributed by atoms with Crippen LogP contribution in [0.2, 0.25) is 5.02 Å². The number of aryl methyl sites for hydroxylation is 1. The summed E-state index contributed by atoms with van der Waals surface area (Å²) in [4.78, 5) is 0. The fourth-order valence-corrected chi connectivity index (χ4v) is 3.11. The van der Waals surface area contributed by atoms with Gasteiger partial charge < -0.3 is 14.8 Å². The van der Waals surface area contributed by atoms with Crippen molar-refractivity contribution in [3.05, 3.63) is 28.3 Å². The molecule has 0 aromatic heterocycles. The number of benzene rings is 1. The zero-order valence-electron chi connectivity index (χ0n) is 12.0. The lowest BCUT2D eigenvalue weighted by Crippen LogP contribution is -2.33. The first kappa shape index (κ1) is 14.2. The molecule has 110 valence electrons. The molecule has 1 N–H and O–H groups in total. The minimum absolute atomic E-state index is 0.0394. The number of nitrogens with one attached hydrogen (secondary N) is 1. The second-order valence-electron chi connectivity index (χ2n) is 5.84. The van der Waals surface area contributed by atoms with E-state index in [0.29, 0.717) is 10.9 Å². The van der Waals surface area contributed by atoms with E-state index in [1.165, 1.54) is 19.3 Å². The van der Waals surface area contributed by atoms with Gasteiger partial charge in [-0.15, -0.1) is 0 Å². The SMILES string of the molecule is Cc1cc(Cl)c(OCC2CCC2)c(C2CNCCO2)c1. The maximum atomic E-state index is 6.40. The molecule has 0 spiro atoms. The van der Waals surface area contributed by atoms with Crippen LogP contribution in [0, 0.1) is 12.8 Å². The van der Waals surface area contributed by atoms with Crippen molar-refractivity contribution >= 4 is 11.6 Å². The molecule has 1 unspecified atom stereocenters. The Morgan fingerprint density at radius 2 is 2.25 bits per heavy atom. The first-order chi connectivity index (χ1) is 9.74. The predicted octanol–water partition coefficient (Wildman–Crippen LogP) is 3.49. The Kier molecular flexibility index (Phi) is 4.49. The fraction of sp³-hybridized carbons (Fsp3) is 0.625. The number of hydrogen-bond donors (Lipinski definition) is 1. The molecule has 1 saturated carbocycles. The van der Waals surface area contributed by atoms with Crippen molar-refractivity contribution in [1.82, 2.24) is 5.32 Å². The van der Waals surface area contributed by atoms with Crippen molar-refractivity contribution in [2.24, 2.45) is 5.92 Å². The lowest BCUT2D eigenvalue weighted by molar-refractivity contribution is 0.0253. The minimum atomic E-state index is 0.0394. The van der Waals surface area contributed by atoms with Crippen molar-refractivity contribution in [1.29, 1.82) is 0 Å². The van der Waals surface area contributed by atoms with Crippen LogP contribution in [-0.4, -0.2) is 26.3 Å². The molecule has 1 aromatic rings. The topological polar surface area (TPSA) is 30.5 Å². The summed E-state index contributed by atoms with van der Waals surface area (Å²) in [6.45, 7) is 5.30. The second-order valence-corrected chi connectivity index (χ2v) is 6.24. The summed E-state index contributed by atoms with van der Waals surface area (Å²) < 4.78 is 11.9. The number of morpholine rings is 1. The van der Waals surface area contributed by atoms with Gasteiger partial charge in [-0.25, -0.2) is 0 Å². The van der Waals surface area contributed by atoms with Gasteiger partial charge in [-0.2, -0.15) is 0 Å².